The Kier molecular flexibility index (Phi) is 7.57. The molecule has 0 atom stereocenters. The summed E-state index contributed by atoms with van der Waals surface area (Å²) < 4.78 is 10.3. The summed E-state index contributed by atoms with van der Waals surface area (Å²) in [6.45, 7) is 5.90. The Morgan fingerprint density at radius 3 is 2.49 bits per heavy atom. The van der Waals surface area contributed by atoms with Crippen molar-refractivity contribution >= 4 is 29.1 Å². The highest BCUT2D eigenvalue weighted by atomic mass is 16.5. The van der Waals surface area contributed by atoms with Gasteiger partial charge in [0.1, 0.15) is 17.0 Å². The molecule has 182 valence electrons. The number of nitrogens with zero attached hydrogens (tertiary/aromatic N) is 4. The van der Waals surface area contributed by atoms with Crippen LogP contribution in [0.3, 0.4) is 0 Å². The lowest BCUT2D eigenvalue weighted by atomic mass is 10.0. The number of hydrogen-bond donors (Lipinski definition) is 1. The van der Waals surface area contributed by atoms with Crippen LogP contribution in [0, 0.1) is 0 Å². The molecule has 2 heterocycles. The largest absolute Gasteiger partial charge is 0.497 e. The Hall–Kier alpha value is -3.98. The molecule has 0 radical (unpaired) electrons. The summed E-state index contributed by atoms with van der Waals surface area (Å²) in [4.78, 5) is 39.1. The van der Waals surface area contributed by atoms with E-state index in [0.29, 0.717) is 11.3 Å². The number of anilines is 3. The van der Waals surface area contributed by atoms with Crippen molar-refractivity contribution < 1.29 is 19.1 Å². The lowest BCUT2D eigenvalue weighted by Crippen LogP contribution is -2.44. The van der Waals surface area contributed by atoms with Crippen LogP contribution < -0.4 is 15.0 Å². The number of methoxy groups -OCH3 is 1. The number of ketones is 1. The Balaban J connectivity index is 1.58. The van der Waals surface area contributed by atoms with Gasteiger partial charge in [-0.05, 0) is 50.4 Å². The minimum atomic E-state index is -0.651. The molecule has 0 aliphatic carbocycles. The number of benzene rings is 2. The molecule has 0 unspecified atom stereocenters. The molecule has 0 bridgehead atoms. The molecule has 0 amide bonds. The molecule has 1 aromatic heterocycles. The van der Waals surface area contributed by atoms with Crippen molar-refractivity contribution in [1.29, 1.82) is 0 Å². The van der Waals surface area contributed by atoms with Crippen LogP contribution in [-0.2, 0) is 4.74 Å². The molecule has 1 N–H and O–H groups in total. The number of likely N-dealkylation sites (N-methyl/N-ethyl adjacent to an activating group) is 1. The predicted molar refractivity (Wildman–Crippen MR) is 134 cm³/mol. The first-order valence-corrected chi connectivity index (χ1v) is 11.5. The van der Waals surface area contributed by atoms with Gasteiger partial charge in [0, 0.05) is 49.3 Å². The summed E-state index contributed by atoms with van der Waals surface area (Å²) in [5, 5.41) is 3.13. The molecular formula is C26H29N5O4. The first-order valence-electron chi connectivity index (χ1n) is 11.5. The number of aromatic nitrogens is 2. The van der Waals surface area contributed by atoms with Crippen molar-refractivity contribution in [3.8, 4) is 5.75 Å². The summed E-state index contributed by atoms with van der Waals surface area (Å²) in [5.74, 6) is -0.345. The summed E-state index contributed by atoms with van der Waals surface area (Å²) >= 11 is 0. The molecule has 0 spiro atoms. The Bertz CT molecular complexity index is 1190. The lowest BCUT2D eigenvalue weighted by Gasteiger charge is -2.34. The third kappa shape index (κ3) is 5.75. The van der Waals surface area contributed by atoms with Crippen molar-refractivity contribution in [2.45, 2.75) is 6.92 Å². The van der Waals surface area contributed by atoms with Gasteiger partial charge >= 0.3 is 5.97 Å². The fourth-order valence-electron chi connectivity index (χ4n) is 3.82. The van der Waals surface area contributed by atoms with Gasteiger partial charge in [-0.1, -0.05) is 12.1 Å². The summed E-state index contributed by atoms with van der Waals surface area (Å²) in [7, 11) is 3.65. The average Bonchev–Trinajstić information content (AvgIpc) is 2.89. The van der Waals surface area contributed by atoms with Gasteiger partial charge < -0.3 is 24.6 Å². The lowest BCUT2D eigenvalue weighted by molar-refractivity contribution is 0.0522. The first-order chi connectivity index (χ1) is 17.0. The number of hydrogen-bond acceptors (Lipinski definition) is 9. The van der Waals surface area contributed by atoms with Gasteiger partial charge in [0.2, 0.25) is 11.7 Å². The maximum atomic E-state index is 13.3. The van der Waals surface area contributed by atoms with Crippen molar-refractivity contribution in [3.05, 3.63) is 71.5 Å². The van der Waals surface area contributed by atoms with Gasteiger partial charge in [-0.25, -0.2) is 14.8 Å². The molecule has 9 nitrogen and oxygen atoms in total. The van der Waals surface area contributed by atoms with E-state index in [9.17, 15) is 9.59 Å². The van der Waals surface area contributed by atoms with Crippen LogP contribution in [0.1, 0.15) is 33.3 Å². The topological polar surface area (TPSA) is 96.9 Å². The van der Waals surface area contributed by atoms with E-state index in [-0.39, 0.29) is 23.8 Å². The number of carbonyl (C=O) groups is 2. The maximum absolute atomic E-state index is 13.3. The molecule has 4 rings (SSSR count). The van der Waals surface area contributed by atoms with E-state index < -0.39 is 11.8 Å². The Morgan fingerprint density at radius 1 is 1.06 bits per heavy atom. The predicted octanol–water partition coefficient (Wildman–Crippen LogP) is 3.39. The van der Waals surface area contributed by atoms with E-state index in [1.54, 1.807) is 31.2 Å². The second kappa shape index (κ2) is 11.0. The van der Waals surface area contributed by atoms with Gasteiger partial charge in [-0.2, -0.15) is 0 Å². The van der Waals surface area contributed by atoms with Crippen LogP contribution in [0.2, 0.25) is 0 Å². The average molecular weight is 476 g/mol. The van der Waals surface area contributed by atoms with E-state index >= 15 is 0 Å². The summed E-state index contributed by atoms with van der Waals surface area (Å²) in [6.07, 6.45) is 1.32. The summed E-state index contributed by atoms with van der Waals surface area (Å²) in [6, 6.07) is 14.7. The van der Waals surface area contributed by atoms with Crippen LogP contribution in [0.4, 0.5) is 17.3 Å². The molecule has 1 aliphatic rings. The van der Waals surface area contributed by atoms with Gasteiger partial charge in [-0.15, -0.1) is 0 Å². The van der Waals surface area contributed by atoms with Crippen LogP contribution in [0.5, 0.6) is 5.75 Å². The van der Waals surface area contributed by atoms with Gasteiger partial charge in [-0.3, -0.25) is 4.79 Å². The molecule has 35 heavy (non-hydrogen) atoms. The van der Waals surface area contributed by atoms with E-state index in [4.69, 9.17) is 9.47 Å². The number of ether oxygens (including phenoxy) is 2. The molecular weight excluding hydrogens is 446 g/mol. The third-order valence-electron chi connectivity index (χ3n) is 5.82. The van der Waals surface area contributed by atoms with Crippen LogP contribution in [0.25, 0.3) is 0 Å². The zero-order valence-electron chi connectivity index (χ0n) is 20.2. The zero-order valence-corrected chi connectivity index (χ0v) is 20.2. The highest BCUT2D eigenvalue weighted by molar-refractivity contribution is 6.13. The fourth-order valence-corrected chi connectivity index (χ4v) is 3.82. The van der Waals surface area contributed by atoms with Gasteiger partial charge in [0.25, 0.3) is 0 Å². The van der Waals surface area contributed by atoms with Crippen molar-refractivity contribution in [2.75, 3.05) is 57.2 Å². The smallest absolute Gasteiger partial charge is 0.342 e. The third-order valence-corrected chi connectivity index (χ3v) is 5.82. The fraction of sp³-hybridized carbons (Fsp3) is 0.308. The highest BCUT2D eigenvalue weighted by Crippen LogP contribution is 2.23. The zero-order chi connectivity index (χ0) is 24.8. The molecule has 2 aromatic carbocycles. The van der Waals surface area contributed by atoms with Crippen LogP contribution in [0.15, 0.2) is 54.7 Å². The van der Waals surface area contributed by atoms with Gasteiger partial charge in [0.05, 0.1) is 13.7 Å². The number of carbonyl (C=O) groups excluding carboxylic acids is 2. The molecule has 0 saturated carbocycles. The maximum Gasteiger partial charge on any atom is 0.342 e. The number of piperazine rings is 1. The first kappa shape index (κ1) is 24.2. The van der Waals surface area contributed by atoms with Crippen molar-refractivity contribution in [2.24, 2.45) is 0 Å². The second-order valence-electron chi connectivity index (χ2n) is 8.20. The standard InChI is InChI=1S/C26H29N5O4/c1-4-35-25(33)22-17-27-26(29-23(22)24(32)18-6-5-7-21(16-18)34-3)28-19-8-10-20(11-9-19)31-14-12-30(2)13-15-31/h5-11,16-17H,4,12-15H2,1-3H3,(H,27,28,29). The van der Waals surface area contributed by atoms with Crippen LogP contribution in [-0.4, -0.2) is 73.6 Å². The monoisotopic (exact) mass is 475 g/mol. The number of esters is 1. The molecule has 3 aromatic rings. The highest BCUT2D eigenvalue weighted by Gasteiger charge is 2.23. The van der Waals surface area contributed by atoms with E-state index in [1.807, 2.05) is 24.3 Å². The number of rotatable bonds is 8. The molecule has 9 heteroatoms. The van der Waals surface area contributed by atoms with E-state index in [1.165, 1.54) is 13.3 Å². The normalized spacial score (nSPS) is 13.9. The van der Waals surface area contributed by atoms with Crippen LogP contribution >= 0.6 is 0 Å². The molecule has 1 aliphatic heterocycles. The quantitative estimate of drug-likeness (QED) is 0.388. The molecule has 1 fully saturated rings. The number of nitrogens with one attached hydrogen (secondary N) is 1. The van der Waals surface area contributed by atoms with Gasteiger partial charge in [0.15, 0.2) is 0 Å². The van der Waals surface area contributed by atoms with Crippen molar-refractivity contribution in [1.82, 2.24) is 14.9 Å². The Morgan fingerprint density at radius 2 is 1.80 bits per heavy atom. The molecule has 1 saturated heterocycles. The summed E-state index contributed by atoms with van der Waals surface area (Å²) in [5.41, 5.74) is 2.23. The van der Waals surface area contributed by atoms with E-state index in [2.05, 4.69) is 32.1 Å². The van der Waals surface area contributed by atoms with Crippen molar-refractivity contribution in [3.63, 3.8) is 0 Å². The minimum absolute atomic E-state index is 0.00985. The minimum Gasteiger partial charge on any atom is -0.497 e. The Labute approximate surface area is 204 Å². The van der Waals surface area contributed by atoms with E-state index in [0.717, 1.165) is 37.6 Å². The second-order valence-corrected chi connectivity index (χ2v) is 8.20. The SMILES string of the molecule is CCOC(=O)c1cnc(Nc2ccc(N3CCN(C)CC3)cc2)nc1C(=O)c1cccc(OC)c1.